The van der Waals surface area contributed by atoms with Gasteiger partial charge < -0.3 is 4.98 Å². The van der Waals surface area contributed by atoms with Crippen LogP contribution >= 0.6 is 22.9 Å². The van der Waals surface area contributed by atoms with Crippen LogP contribution < -0.4 is 5.56 Å². The van der Waals surface area contributed by atoms with E-state index in [0.29, 0.717) is 21.6 Å². The Labute approximate surface area is 155 Å². The molecule has 0 unspecified atom stereocenters. The lowest BCUT2D eigenvalue weighted by Gasteiger charge is -2.24. The number of thiophene rings is 1. The summed E-state index contributed by atoms with van der Waals surface area (Å²) < 4.78 is 2.47. The Hall–Kier alpha value is -1.66. The van der Waals surface area contributed by atoms with Crippen LogP contribution in [-0.2, 0) is 6.42 Å². The summed E-state index contributed by atoms with van der Waals surface area (Å²) >= 11 is 7.45. The van der Waals surface area contributed by atoms with Gasteiger partial charge in [-0.1, -0.05) is 38.3 Å². The first-order valence-electron chi connectivity index (χ1n) is 8.84. The molecule has 0 bridgehead atoms. The average molecular weight is 377 g/mol. The molecule has 25 heavy (non-hydrogen) atoms. The summed E-state index contributed by atoms with van der Waals surface area (Å²) in [4.78, 5) is 21.3. The fraction of sp³-hybridized carbons (Fsp3) is 0.500. The first-order chi connectivity index (χ1) is 12.1. The molecular formula is C18H21ClN4OS. The van der Waals surface area contributed by atoms with Crippen LogP contribution in [0, 0.1) is 5.92 Å². The lowest BCUT2D eigenvalue weighted by Crippen LogP contribution is -2.18. The van der Waals surface area contributed by atoms with Crippen molar-refractivity contribution < 1.29 is 0 Å². The molecule has 7 heteroatoms. The van der Waals surface area contributed by atoms with Gasteiger partial charge in [0.2, 0.25) is 0 Å². The van der Waals surface area contributed by atoms with Gasteiger partial charge in [-0.15, -0.1) is 16.4 Å². The van der Waals surface area contributed by atoms with Gasteiger partial charge in [0.1, 0.15) is 5.82 Å². The molecule has 0 amide bonds. The summed E-state index contributed by atoms with van der Waals surface area (Å²) in [6.45, 7) is 4.33. The Bertz CT molecular complexity index is 965. The minimum atomic E-state index is -0.130. The summed E-state index contributed by atoms with van der Waals surface area (Å²) in [5, 5.41) is 4.73. The molecule has 0 saturated heterocycles. The topological polar surface area (TPSA) is 63.1 Å². The van der Waals surface area contributed by atoms with Crippen molar-refractivity contribution in [3.63, 3.8) is 0 Å². The van der Waals surface area contributed by atoms with Crippen LogP contribution in [0.4, 0.5) is 0 Å². The highest BCUT2D eigenvalue weighted by atomic mass is 35.5. The maximum Gasteiger partial charge on any atom is 0.277 e. The van der Waals surface area contributed by atoms with Crippen molar-refractivity contribution in [2.75, 3.05) is 0 Å². The van der Waals surface area contributed by atoms with Gasteiger partial charge in [-0.3, -0.25) is 4.79 Å². The number of aromatic nitrogens is 4. The SMILES string of the molecule is CCc1nc(C2CCC(C)CC2)n2nc(-c3ccc(Cl)s3)[nH]c(=O)c12. The number of rotatable bonds is 3. The molecule has 4 rings (SSSR count). The standard InChI is InChI=1S/C18H21ClN4OS/c1-3-12-15-18(24)21-16(13-8-9-14(19)25-13)22-23(15)17(20-12)11-6-4-10(2)5-7-11/h8-11H,3-7H2,1-2H3,(H,21,22,24). The maximum atomic E-state index is 12.7. The summed E-state index contributed by atoms with van der Waals surface area (Å²) in [6.07, 6.45) is 5.35. The van der Waals surface area contributed by atoms with Crippen molar-refractivity contribution in [3.05, 3.63) is 38.3 Å². The highest BCUT2D eigenvalue weighted by Gasteiger charge is 2.26. The van der Waals surface area contributed by atoms with Crippen LogP contribution in [0.5, 0.6) is 0 Å². The molecule has 5 nitrogen and oxygen atoms in total. The van der Waals surface area contributed by atoms with Crippen molar-refractivity contribution >= 4 is 28.5 Å². The molecule has 1 aliphatic rings. The molecule has 3 aromatic heterocycles. The number of H-pyrrole nitrogens is 1. The van der Waals surface area contributed by atoms with Crippen LogP contribution in [0.1, 0.15) is 57.0 Å². The van der Waals surface area contributed by atoms with Crippen molar-refractivity contribution in [1.82, 2.24) is 19.6 Å². The van der Waals surface area contributed by atoms with Gasteiger partial charge in [-0.25, -0.2) is 9.50 Å². The maximum absolute atomic E-state index is 12.7. The fourth-order valence-corrected chi connectivity index (χ4v) is 4.66. The Morgan fingerprint density at radius 1 is 1.32 bits per heavy atom. The predicted octanol–water partition coefficient (Wildman–Crippen LogP) is 4.66. The number of aromatic amines is 1. The van der Waals surface area contributed by atoms with Gasteiger partial charge in [-0.05, 0) is 37.3 Å². The minimum Gasteiger partial charge on any atom is -0.303 e. The second-order valence-electron chi connectivity index (χ2n) is 6.89. The third kappa shape index (κ3) is 3.02. The van der Waals surface area contributed by atoms with E-state index >= 15 is 0 Å². The lowest BCUT2D eigenvalue weighted by molar-refractivity contribution is 0.337. The van der Waals surface area contributed by atoms with E-state index < -0.39 is 0 Å². The Kier molecular flexibility index (Phi) is 4.41. The fourth-order valence-electron chi connectivity index (χ4n) is 3.68. The largest absolute Gasteiger partial charge is 0.303 e. The Morgan fingerprint density at radius 3 is 2.72 bits per heavy atom. The van der Waals surface area contributed by atoms with Gasteiger partial charge in [-0.2, -0.15) is 0 Å². The van der Waals surface area contributed by atoms with E-state index in [2.05, 4.69) is 11.9 Å². The van der Waals surface area contributed by atoms with E-state index in [-0.39, 0.29) is 5.56 Å². The molecule has 1 N–H and O–H groups in total. The zero-order valence-electron chi connectivity index (χ0n) is 14.4. The second kappa shape index (κ2) is 6.57. The van der Waals surface area contributed by atoms with Crippen LogP contribution in [0.2, 0.25) is 4.34 Å². The average Bonchev–Trinajstić information content (AvgIpc) is 3.19. The van der Waals surface area contributed by atoms with E-state index in [0.717, 1.165) is 41.6 Å². The highest BCUT2D eigenvalue weighted by Crippen LogP contribution is 2.35. The monoisotopic (exact) mass is 376 g/mol. The minimum absolute atomic E-state index is 0.130. The highest BCUT2D eigenvalue weighted by molar-refractivity contribution is 7.19. The number of aryl methyl sites for hydroxylation is 1. The smallest absolute Gasteiger partial charge is 0.277 e. The van der Waals surface area contributed by atoms with E-state index in [1.807, 2.05) is 19.1 Å². The molecular weight excluding hydrogens is 356 g/mol. The number of hydrogen-bond acceptors (Lipinski definition) is 4. The van der Waals surface area contributed by atoms with E-state index in [4.69, 9.17) is 21.7 Å². The quantitative estimate of drug-likeness (QED) is 0.723. The zero-order chi connectivity index (χ0) is 17.6. The Morgan fingerprint density at radius 2 is 2.08 bits per heavy atom. The van der Waals surface area contributed by atoms with Crippen molar-refractivity contribution in [3.8, 4) is 10.7 Å². The molecule has 0 aliphatic heterocycles. The molecule has 1 saturated carbocycles. The van der Waals surface area contributed by atoms with Gasteiger partial charge in [0.25, 0.3) is 5.56 Å². The molecule has 0 spiro atoms. The molecule has 0 aromatic carbocycles. The van der Waals surface area contributed by atoms with E-state index in [1.54, 1.807) is 4.52 Å². The number of fused-ring (bicyclic) bond motifs is 1. The molecule has 132 valence electrons. The van der Waals surface area contributed by atoms with Gasteiger partial charge in [0.15, 0.2) is 11.3 Å². The summed E-state index contributed by atoms with van der Waals surface area (Å²) in [5.74, 6) is 2.64. The number of halogens is 1. The van der Waals surface area contributed by atoms with Crippen molar-refractivity contribution in [2.45, 2.75) is 51.9 Å². The summed E-state index contributed by atoms with van der Waals surface area (Å²) in [6, 6.07) is 3.71. The lowest BCUT2D eigenvalue weighted by atomic mass is 9.83. The Balaban J connectivity index is 1.88. The predicted molar refractivity (Wildman–Crippen MR) is 102 cm³/mol. The molecule has 1 fully saturated rings. The first-order valence-corrected chi connectivity index (χ1v) is 10.0. The number of hydrogen-bond donors (Lipinski definition) is 1. The number of imidazole rings is 1. The van der Waals surface area contributed by atoms with Gasteiger partial charge >= 0.3 is 0 Å². The van der Waals surface area contributed by atoms with Crippen molar-refractivity contribution in [1.29, 1.82) is 0 Å². The first kappa shape index (κ1) is 16.8. The summed E-state index contributed by atoms with van der Waals surface area (Å²) in [5.41, 5.74) is 1.29. The molecule has 3 aromatic rings. The molecule has 3 heterocycles. The number of nitrogens with zero attached hydrogens (tertiary/aromatic N) is 3. The molecule has 0 atom stereocenters. The van der Waals surface area contributed by atoms with Crippen LogP contribution in [-0.4, -0.2) is 19.6 Å². The number of nitrogens with one attached hydrogen (secondary N) is 1. The molecule has 1 aliphatic carbocycles. The van der Waals surface area contributed by atoms with Crippen LogP contribution in [0.25, 0.3) is 16.2 Å². The van der Waals surface area contributed by atoms with Crippen LogP contribution in [0.15, 0.2) is 16.9 Å². The van der Waals surface area contributed by atoms with Gasteiger partial charge in [0, 0.05) is 5.92 Å². The molecule has 0 radical (unpaired) electrons. The van der Waals surface area contributed by atoms with Gasteiger partial charge in [0.05, 0.1) is 14.9 Å². The third-order valence-electron chi connectivity index (χ3n) is 5.12. The summed E-state index contributed by atoms with van der Waals surface area (Å²) in [7, 11) is 0. The normalized spacial score (nSPS) is 21.1. The zero-order valence-corrected chi connectivity index (χ0v) is 16.0. The van der Waals surface area contributed by atoms with E-state index in [9.17, 15) is 4.79 Å². The van der Waals surface area contributed by atoms with Crippen molar-refractivity contribution in [2.24, 2.45) is 5.92 Å². The second-order valence-corrected chi connectivity index (χ2v) is 8.61. The third-order valence-corrected chi connectivity index (χ3v) is 6.36. The van der Waals surface area contributed by atoms with E-state index in [1.165, 1.54) is 24.2 Å². The van der Waals surface area contributed by atoms with Crippen LogP contribution in [0.3, 0.4) is 0 Å².